The first-order valence-corrected chi connectivity index (χ1v) is 5.33. The quantitative estimate of drug-likeness (QED) is 0.652. The summed E-state index contributed by atoms with van der Waals surface area (Å²) in [6.07, 6.45) is 2.11. The molecule has 1 aliphatic rings. The van der Waals surface area contributed by atoms with Crippen molar-refractivity contribution in [3.05, 3.63) is 5.51 Å². The fraction of sp³-hybridized carbons (Fsp3) is 0.714. The van der Waals surface area contributed by atoms with Crippen LogP contribution in [-0.4, -0.2) is 28.7 Å². The lowest BCUT2D eigenvalue weighted by Crippen LogP contribution is -2.33. The normalized spacial score (nSPS) is 19.9. The number of hydrogen-bond donors (Lipinski definition) is 0. The smallest absolute Gasteiger partial charge is 0.208 e. The molecule has 3 nitrogen and oxygen atoms in total. The number of alkyl halides is 1. The number of hydrogen-bond acceptors (Lipinski definition) is 4. The van der Waals surface area contributed by atoms with E-state index in [0.717, 1.165) is 31.1 Å². The summed E-state index contributed by atoms with van der Waals surface area (Å²) in [6.45, 7) is 2.03. The van der Waals surface area contributed by atoms with Crippen molar-refractivity contribution < 1.29 is 0 Å². The third kappa shape index (κ3) is 1.69. The summed E-state index contributed by atoms with van der Waals surface area (Å²) in [5.74, 6) is 0. The van der Waals surface area contributed by atoms with Crippen LogP contribution in [0, 0.1) is 0 Å². The summed E-state index contributed by atoms with van der Waals surface area (Å²) >= 11 is 7.58. The van der Waals surface area contributed by atoms with Gasteiger partial charge in [0.15, 0.2) is 0 Å². The molecule has 1 saturated heterocycles. The fourth-order valence-electron chi connectivity index (χ4n) is 1.34. The summed E-state index contributed by atoms with van der Waals surface area (Å²) in [5, 5.41) is 9.21. The Bertz CT molecular complexity index is 231. The summed E-state index contributed by atoms with van der Waals surface area (Å²) < 4.78 is 0. The second kappa shape index (κ2) is 3.58. The van der Waals surface area contributed by atoms with Gasteiger partial charge in [0, 0.05) is 18.5 Å². The summed E-state index contributed by atoms with van der Waals surface area (Å²) in [7, 11) is 0. The average Bonchev–Trinajstić information content (AvgIpc) is 2.58. The second-order valence-corrected chi connectivity index (χ2v) is 4.31. The molecule has 0 unspecified atom stereocenters. The minimum atomic E-state index is 0.356. The SMILES string of the molecule is ClC1CCN(c2nncs2)CC1. The monoisotopic (exact) mass is 203 g/mol. The lowest BCUT2D eigenvalue weighted by molar-refractivity contribution is 0.582. The molecule has 2 rings (SSSR count). The number of piperidine rings is 1. The van der Waals surface area contributed by atoms with Gasteiger partial charge in [-0.1, -0.05) is 11.3 Å². The molecular formula is C7H10ClN3S. The molecule has 2 heterocycles. The molecule has 0 saturated carbocycles. The van der Waals surface area contributed by atoms with Crippen molar-refractivity contribution in [1.82, 2.24) is 10.2 Å². The van der Waals surface area contributed by atoms with E-state index in [1.165, 1.54) is 0 Å². The molecule has 0 aromatic carbocycles. The average molecular weight is 204 g/mol. The number of halogens is 1. The van der Waals surface area contributed by atoms with Crippen molar-refractivity contribution >= 4 is 28.1 Å². The van der Waals surface area contributed by atoms with Crippen LogP contribution in [0.2, 0.25) is 0 Å². The first kappa shape index (κ1) is 8.26. The van der Waals surface area contributed by atoms with Crippen molar-refractivity contribution in [3.63, 3.8) is 0 Å². The van der Waals surface area contributed by atoms with E-state index in [0.29, 0.717) is 5.38 Å². The maximum Gasteiger partial charge on any atom is 0.208 e. The molecule has 1 aromatic heterocycles. The Balaban J connectivity index is 1.99. The van der Waals surface area contributed by atoms with E-state index in [-0.39, 0.29) is 0 Å². The highest BCUT2D eigenvalue weighted by atomic mass is 35.5. The van der Waals surface area contributed by atoms with Gasteiger partial charge in [-0.3, -0.25) is 0 Å². The Morgan fingerprint density at radius 2 is 2.25 bits per heavy atom. The molecule has 1 aromatic rings. The Morgan fingerprint density at radius 3 is 2.83 bits per heavy atom. The van der Waals surface area contributed by atoms with Gasteiger partial charge < -0.3 is 4.90 Å². The van der Waals surface area contributed by atoms with E-state index in [2.05, 4.69) is 15.1 Å². The van der Waals surface area contributed by atoms with Gasteiger partial charge in [0.25, 0.3) is 0 Å². The Morgan fingerprint density at radius 1 is 1.50 bits per heavy atom. The largest absolute Gasteiger partial charge is 0.347 e. The molecular weight excluding hydrogens is 194 g/mol. The highest BCUT2D eigenvalue weighted by Gasteiger charge is 2.18. The van der Waals surface area contributed by atoms with E-state index in [9.17, 15) is 0 Å². The Kier molecular flexibility index (Phi) is 2.46. The van der Waals surface area contributed by atoms with Gasteiger partial charge in [-0.2, -0.15) is 0 Å². The summed E-state index contributed by atoms with van der Waals surface area (Å²) in [4.78, 5) is 2.25. The lowest BCUT2D eigenvalue weighted by atomic mass is 10.1. The third-order valence-electron chi connectivity index (χ3n) is 2.04. The Labute approximate surface area is 80.4 Å². The molecule has 0 spiro atoms. The molecule has 0 bridgehead atoms. The van der Waals surface area contributed by atoms with Crippen LogP contribution < -0.4 is 4.90 Å². The maximum absolute atomic E-state index is 5.98. The highest BCUT2D eigenvalue weighted by molar-refractivity contribution is 7.13. The highest BCUT2D eigenvalue weighted by Crippen LogP contribution is 2.22. The van der Waals surface area contributed by atoms with E-state index < -0.39 is 0 Å². The summed E-state index contributed by atoms with van der Waals surface area (Å²) in [5.41, 5.74) is 1.77. The molecule has 1 aliphatic heterocycles. The number of rotatable bonds is 1. The molecule has 66 valence electrons. The molecule has 0 N–H and O–H groups in total. The number of anilines is 1. The number of nitrogens with zero attached hydrogens (tertiary/aromatic N) is 3. The standard InChI is InChI=1S/C7H10ClN3S/c8-6-1-3-11(4-2-6)7-10-9-5-12-7/h5-6H,1-4H2. The van der Waals surface area contributed by atoms with Crippen LogP contribution in [0.3, 0.4) is 0 Å². The summed E-state index contributed by atoms with van der Waals surface area (Å²) in [6, 6.07) is 0. The van der Waals surface area contributed by atoms with Crippen molar-refractivity contribution in [2.75, 3.05) is 18.0 Å². The zero-order chi connectivity index (χ0) is 8.39. The van der Waals surface area contributed by atoms with Gasteiger partial charge in [-0.05, 0) is 12.8 Å². The van der Waals surface area contributed by atoms with Crippen molar-refractivity contribution in [3.8, 4) is 0 Å². The molecule has 0 radical (unpaired) electrons. The van der Waals surface area contributed by atoms with Gasteiger partial charge in [-0.15, -0.1) is 21.8 Å². The predicted octanol–water partition coefficient (Wildman–Crippen LogP) is 1.75. The molecule has 0 aliphatic carbocycles. The van der Waals surface area contributed by atoms with Crippen LogP contribution in [-0.2, 0) is 0 Å². The second-order valence-electron chi connectivity index (χ2n) is 2.88. The lowest BCUT2D eigenvalue weighted by Gasteiger charge is -2.28. The van der Waals surface area contributed by atoms with Crippen LogP contribution in [0.4, 0.5) is 5.13 Å². The molecule has 0 amide bonds. The molecule has 5 heteroatoms. The van der Waals surface area contributed by atoms with Crippen molar-refractivity contribution in [2.45, 2.75) is 18.2 Å². The van der Waals surface area contributed by atoms with E-state index in [1.54, 1.807) is 16.8 Å². The molecule has 0 atom stereocenters. The van der Waals surface area contributed by atoms with Crippen molar-refractivity contribution in [1.29, 1.82) is 0 Å². The van der Waals surface area contributed by atoms with Crippen molar-refractivity contribution in [2.24, 2.45) is 0 Å². The van der Waals surface area contributed by atoms with Crippen LogP contribution in [0.15, 0.2) is 5.51 Å². The van der Waals surface area contributed by atoms with Crippen LogP contribution in [0.25, 0.3) is 0 Å². The zero-order valence-corrected chi connectivity index (χ0v) is 8.18. The third-order valence-corrected chi connectivity index (χ3v) is 3.23. The number of aromatic nitrogens is 2. The maximum atomic E-state index is 5.98. The van der Waals surface area contributed by atoms with Gasteiger partial charge in [0.1, 0.15) is 5.51 Å². The van der Waals surface area contributed by atoms with Gasteiger partial charge >= 0.3 is 0 Å². The van der Waals surface area contributed by atoms with Gasteiger partial charge in [0.05, 0.1) is 0 Å². The Hall–Kier alpha value is -0.350. The van der Waals surface area contributed by atoms with Crippen LogP contribution in [0.5, 0.6) is 0 Å². The van der Waals surface area contributed by atoms with Gasteiger partial charge in [0.2, 0.25) is 5.13 Å². The molecule has 12 heavy (non-hydrogen) atoms. The zero-order valence-electron chi connectivity index (χ0n) is 6.61. The van der Waals surface area contributed by atoms with E-state index in [1.807, 2.05) is 0 Å². The minimum Gasteiger partial charge on any atom is -0.347 e. The van der Waals surface area contributed by atoms with E-state index in [4.69, 9.17) is 11.6 Å². The fourth-order valence-corrected chi connectivity index (χ4v) is 2.15. The first-order chi connectivity index (χ1) is 5.86. The van der Waals surface area contributed by atoms with Crippen LogP contribution >= 0.6 is 22.9 Å². The molecule has 1 fully saturated rings. The van der Waals surface area contributed by atoms with Crippen LogP contribution in [0.1, 0.15) is 12.8 Å². The minimum absolute atomic E-state index is 0.356. The topological polar surface area (TPSA) is 29.0 Å². The predicted molar refractivity (Wildman–Crippen MR) is 51.0 cm³/mol. The first-order valence-electron chi connectivity index (χ1n) is 4.01. The van der Waals surface area contributed by atoms with Gasteiger partial charge in [-0.25, -0.2) is 0 Å². The van der Waals surface area contributed by atoms with E-state index >= 15 is 0 Å².